The van der Waals surface area contributed by atoms with Crippen LogP contribution in [-0.2, 0) is 0 Å². The molecule has 18 heavy (non-hydrogen) atoms. The third-order valence-electron chi connectivity index (χ3n) is 4.22. The van der Waals surface area contributed by atoms with Crippen LogP contribution in [0.15, 0.2) is 18.2 Å². The molecule has 0 saturated heterocycles. The zero-order valence-electron chi connectivity index (χ0n) is 11.7. The van der Waals surface area contributed by atoms with E-state index in [0.29, 0.717) is 11.8 Å². The molecule has 2 rings (SSSR count). The van der Waals surface area contributed by atoms with Gasteiger partial charge in [0.15, 0.2) is 0 Å². The molecular formula is C16H25NO. The molecule has 1 aliphatic carbocycles. The van der Waals surface area contributed by atoms with Crippen molar-refractivity contribution in [1.29, 1.82) is 0 Å². The van der Waals surface area contributed by atoms with Gasteiger partial charge in [-0.05, 0) is 55.4 Å². The fourth-order valence-electron chi connectivity index (χ4n) is 3.10. The molecule has 1 saturated carbocycles. The van der Waals surface area contributed by atoms with E-state index >= 15 is 0 Å². The van der Waals surface area contributed by atoms with Gasteiger partial charge < -0.3 is 10.4 Å². The molecule has 0 amide bonds. The molecule has 2 atom stereocenters. The van der Waals surface area contributed by atoms with E-state index < -0.39 is 0 Å². The number of nitrogens with one attached hydrogen (secondary N) is 1. The van der Waals surface area contributed by atoms with Crippen molar-refractivity contribution in [2.75, 3.05) is 5.32 Å². The first-order valence-electron chi connectivity index (χ1n) is 7.14. The van der Waals surface area contributed by atoms with Gasteiger partial charge in [-0.1, -0.05) is 26.7 Å². The second-order valence-corrected chi connectivity index (χ2v) is 5.94. The Bertz CT molecular complexity index is 400. The van der Waals surface area contributed by atoms with Gasteiger partial charge in [0.2, 0.25) is 0 Å². The SMILES string of the molecule is Cc1cc(NC2CCCCC2C(C)C)ccc1O. The Morgan fingerprint density at radius 3 is 2.61 bits per heavy atom. The molecule has 2 heteroatoms. The summed E-state index contributed by atoms with van der Waals surface area (Å²) in [5, 5.41) is 13.2. The van der Waals surface area contributed by atoms with Crippen molar-refractivity contribution < 1.29 is 5.11 Å². The van der Waals surface area contributed by atoms with Crippen LogP contribution >= 0.6 is 0 Å². The Kier molecular flexibility index (Phi) is 4.15. The summed E-state index contributed by atoms with van der Waals surface area (Å²) in [4.78, 5) is 0. The van der Waals surface area contributed by atoms with Crippen LogP contribution in [0.4, 0.5) is 5.69 Å². The van der Waals surface area contributed by atoms with Gasteiger partial charge in [0.25, 0.3) is 0 Å². The van der Waals surface area contributed by atoms with Gasteiger partial charge in [-0.2, -0.15) is 0 Å². The molecule has 1 fully saturated rings. The molecule has 0 radical (unpaired) electrons. The van der Waals surface area contributed by atoms with Crippen LogP contribution in [0.3, 0.4) is 0 Å². The Labute approximate surface area is 110 Å². The summed E-state index contributed by atoms with van der Waals surface area (Å²) in [5.74, 6) is 1.89. The monoisotopic (exact) mass is 247 g/mol. The number of phenols is 1. The molecule has 1 aromatic carbocycles. The number of rotatable bonds is 3. The second kappa shape index (κ2) is 5.64. The maximum absolute atomic E-state index is 9.56. The van der Waals surface area contributed by atoms with Gasteiger partial charge in [0.05, 0.1) is 0 Å². The van der Waals surface area contributed by atoms with E-state index in [4.69, 9.17) is 0 Å². The highest BCUT2D eigenvalue weighted by atomic mass is 16.3. The van der Waals surface area contributed by atoms with Gasteiger partial charge >= 0.3 is 0 Å². The Morgan fingerprint density at radius 1 is 1.22 bits per heavy atom. The second-order valence-electron chi connectivity index (χ2n) is 5.94. The molecule has 1 aliphatic rings. The number of hydrogen-bond donors (Lipinski definition) is 2. The minimum Gasteiger partial charge on any atom is -0.508 e. The van der Waals surface area contributed by atoms with E-state index in [1.54, 1.807) is 6.07 Å². The summed E-state index contributed by atoms with van der Waals surface area (Å²) in [6.45, 7) is 6.60. The maximum Gasteiger partial charge on any atom is 0.118 e. The highest BCUT2D eigenvalue weighted by molar-refractivity contribution is 5.51. The highest BCUT2D eigenvalue weighted by Crippen LogP contribution is 2.33. The van der Waals surface area contributed by atoms with Crippen LogP contribution in [0, 0.1) is 18.8 Å². The average molecular weight is 247 g/mol. The summed E-state index contributed by atoms with van der Waals surface area (Å²) < 4.78 is 0. The first-order valence-corrected chi connectivity index (χ1v) is 7.14. The van der Waals surface area contributed by atoms with Gasteiger partial charge in [0, 0.05) is 11.7 Å². The Hall–Kier alpha value is -1.18. The Morgan fingerprint density at radius 2 is 1.94 bits per heavy atom. The predicted molar refractivity (Wildman–Crippen MR) is 77.1 cm³/mol. The van der Waals surface area contributed by atoms with Crippen LogP contribution in [0.5, 0.6) is 5.75 Å². The van der Waals surface area contributed by atoms with E-state index in [1.807, 2.05) is 19.1 Å². The first-order chi connectivity index (χ1) is 8.58. The molecule has 0 aromatic heterocycles. The third-order valence-corrected chi connectivity index (χ3v) is 4.22. The molecule has 1 aromatic rings. The fraction of sp³-hybridized carbons (Fsp3) is 0.625. The van der Waals surface area contributed by atoms with Gasteiger partial charge in [-0.25, -0.2) is 0 Å². The minimum atomic E-state index is 0.379. The number of aromatic hydroxyl groups is 1. The third kappa shape index (κ3) is 2.98. The van der Waals surface area contributed by atoms with E-state index in [9.17, 15) is 5.11 Å². The predicted octanol–water partition coefficient (Wildman–Crippen LogP) is 4.33. The van der Waals surface area contributed by atoms with E-state index in [0.717, 1.165) is 23.1 Å². The highest BCUT2D eigenvalue weighted by Gasteiger charge is 2.27. The lowest BCUT2D eigenvalue weighted by atomic mass is 9.78. The topological polar surface area (TPSA) is 32.3 Å². The number of anilines is 1. The molecule has 0 aliphatic heterocycles. The molecule has 2 N–H and O–H groups in total. The van der Waals surface area contributed by atoms with Crippen LogP contribution in [0.25, 0.3) is 0 Å². The van der Waals surface area contributed by atoms with Crippen molar-refractivity contribution in [3.8, 4) is 5.75 Å². The molecule has 0 spiro atoms. The van der Waals surface area contributed by atoms with Crippen molar-refractivity contribution in [2.24, 2.45) is 11.8 Å². The largest absolute Gasteiger partial charge is 0.508 e. The van der Waals surface area contributed by atoms with Crippen molar-refractivity contribution in [1.82, 2.24) is 0 Å². The van der Waals surface area contributed by atoms with Crippen LogP contribution in [-0.4, -0.2) is 11.1 Å². The minimum absolute atomic E-state index is 0.379. The van der Waals surface area contributed by atoms with Crippen molar-refractivity contribution >= 4 is 5.69 Å². The number of benzene rings is 1. The summed E-state index contributed by atoms with van der Waals surface area (Å²) in [7, 11) is 0. The first kappa shape index (κ1) is 13.3. The zero-order chi connectivity index (χ0) is 13.1. The standard InChI is InChI=1S/C16H25NO/c1-11(2)14-6-4-5-7-15(14)17-13-8-9-16(18)12(3)10-13/h8-11,14-15,17-18H,4-7H2,1-3H3. The van der Waals surface area contributed by atoms with E-state index in [1.165, 1.54) is 25.7 Å². The smallest absolute Gasteiger partial charge is 0.118 e. The van der Waals surface area contributed by atoms with Crippen molar-refractivity contribution in [3.63, 3.8) is 0 Å². The Balaban J connectivity index is 2.08. The quantitative estimate of drug-likeness (QED) is 0.779. The summed E-state index contributed by atoms with van der Waals surface area (Å²) >= 11 is 0. The molecular weight excluding hydrogens is 222 g/mol. The van der Waals surface area contributed by atoms with Crippen molar-refractivity contribution in [3.05, 3.63) is 23.8 Å². The summed E-state index contributed by atoms with van der Waals surface area (Å²) in [6, 6.07) is 6.39. The lowest BCUT2D eigenvalue weighted by Gasteiger charge is -2.35. The average Bonchev–Trinajstić information content (AvgIpc) is 2.34. The van der Waals surface area contributed by atoms with Gasteiger partial charge in [-0.15, -0.1) is 0 Å². The molecule has 0 bridgehead atoms. The maximum atomic E-state index is 9.56. The zero-order valence-corrected chi connectivity index (χ0v) is 11.7. The molecule has 2 nitrogen and oxygen atoms in total. The molecule has 2 unspecified atom stereocenters. The molecule has 0 heterocycles. The van der Waals surface area contributed by atoms with Crippen LogP contribution in [0.1, 0.15) is 45.1 Å². The summed E-state index contributed by atoms with van der Waals surface area (Å²) in [5.41, 5.74) is 2.08. The number of phenolic OH excluding ortho intramolecular Hbond substituents is 1. The lowest BCUT2D eigenvalue weighted by molar-refractivity contribution is 0.254. The van der Waals surface area contributed by atoms with E-state index in [-0.39, 0.29) is 0 Å². The number of hydrogen-bond acceptors (Lipinski definition) is 2. The fourth-order valence-corrected chi connectivity index (χ4v) is 3.10. The van der Waals surface area contributed by atoms with Crippen LogP contribution in [0.2, 0.25) is 0 Å². The van der Waals surface area contributed by atoms with Crippen LogP contribution < -0.4 is 5.32 Å². The van der Waals surface area contributed by atoms with E-state index in [2.05, 4.69) is 19.2 Å². The normalized spacial score (nSPS) is 24.2. The lowest BCUT2D eigenvalue weighted by Crippen LogP contribution is -2.35. The van der Waals surface area contributed by atoms with Gasteiger partial charge in [0.1, 0.15) is 5.75 Å². The van der Waals surface area contributed by atoms with Crippen molar-refractivity contribution in [2.45, 2.75) is 52.5 Å². The molecule has 100 valence electrons. The number of aryl methyl sites for hydroxylation is 1. The summed E-state index contributed by atoms with van der Waals surface area (Å²) in [6.07, 6.45) is 5.31. The van der Waals surface area contributed by atoms with Gasteiger partial charge in [-0.3, -0.25) is 0 Å².